The molecule has 14 nitrogen and oxygen atoms in total. The lowest BCUT2D eigenvalue weighted by Gasteiger charge is -2.51. The van der Waals surface area contributed by atoms with E-state index in [9.17, 15) is 20.1 Å². The van der Waals surface area contributed by atoms with Crippen molar-refractivity contribution in [3.8, 4) is 0 Å². The first-order chi connectivity index (χ1) is 29.5. The predicted octanol–water partition coefficient (Wildman–Crippen LogP) is 5.60. The maximum absolute atomic E-state index is 14.4. The van der Waals surface area contributed by atoms with E-state index >= 15 is 0 Å². The monoisotopic (exact) mass is 875 g/mol. The van der Waals surface area contributed by atoms with Gasteiger partial charge in [0.2, 0.25) is 0 Å². The summed E-state index contributed by atoms with van der Waals surface area (Å²) in [5.41, 5.74) is 0.188. The second kappa shape index (κ2) is 19.8. The van der Waals surface area contributed by atoms with Crippen LogP contribution in [0.15, 0.2) is 47.1 Å². The average Bonchev–Trinajstić information content (AvgIpc) is 3.58. The van der Waals surface area contributed by atoms with Crippen LogP contribution in [0, 0.1) is 23.7 Å². The van der Waals surface area contributed by atoms with Crippen molar-refractivity contribution in [3.63, 3.8) is 0 Å². The van der Waals surface area contributed by atoms with Crippen LogP contribution in [0.3, 0.4) is 0 Å². The quantitative estimate of drug-likeness (QED) is 0.204. The highest BCUT2D eigenvalue weighted by atomic mass is 16.7. The lowest BCUT2D eigenvalue weighted by molar-refractivity contribution is -0.340. The molecule has 20 atom stereocenters. The minimum Gasteiger partial charge on any atom is -0.462 e. The third-order valence-electron chi connectivity index (χ3n) is 14.9. The van der Waals surface area contributed by atoms with Gasteiger partial charge in [-0.1, -0.05) is 64.5 Å². The topological polar surface area (TPSA) is 170 Å². The SMILES string of the molecule is CC[C@@H](C)[C@@H]1O[C@@]2(CC[C@H]1C)C[C@H]1C[C@H](C/C=C(\C)[C@H](O[C@@H]3C[C@@H](OC)[C@H](O[C@@H]4C[C@@H](OC)[C@H](O)[C@@H](C)O4)[C@@H](C)O3)[C@H](C)/C=C/C=C3\CO[C@H]4[C@@H](O)C(C)=C[C@@H](C(=O)O1)[C@@]34O)O2. The molecule has 0 unspecified atom stereocenters. The number of aliphatic hydroxyl groups excluding tert-OH is 2. The van der Waals surface area contributed by atoms with Crippen molar-refractivity contribution in [3.05, 3.63) is 47.1 Å². The van der Waals surface area contributed by atoms with E-state index in [2.05, 4.69) is 40.7 Å². The van der Waals surface area contributed by atoms with Crippen LogP contribution in [0.4, 0.5) is 0 Å². The van der Waals surface area contributed by atoms with E-state index in [0.29, 0.717) is 61.5 Å². The molecule has 1 spiro atoms. The van der Waals surface area contributed by atoms with E-state index in [1.54, 1.807) is 40.2 Å². The fourth-order valence-electron chi connectivity index (χ4n) is 11.0. The Bertz CT molecular complexity index is 1680. The van der Waals surface area contributed by atoms with Crippen LogP contribution in [-0.4, -0.2) is 139 Å². The fourth-order valence-corrected chi connectivity index (χ4v) is 11.0. The second-order valence-corrected chi connectivity index (χ2v) is 19.4. The molecule has 0 amide bonds. The number of hydrogen-bond acceptors (Lipinski definition) is 14. The van der Waals surface area contributed by atoms with E-state index in [4.69, 9.17) is 47.4 Å². The minimum absolute atomic E-state index is 0.00708. The van der Waals surface area contributed by atoms with Gasteiger partial charge in [-0.3, -0.25) is 4.79 Å². The number of aliphatic hydroxyl groups is 3. The molecule has 14 heteroatoms. The zero-order chi connectivity index (χ0) is 44.7. The van der Waals surface area contributed by atoms with Crippen LogP contribution in [0.5, 0.6) is 0 Å². The summed E-state index contributed by atoms with van der Waals surface area (Å²) in [7, 11) is 3.23. The summed E-state index contributed by atoms with van der Waals surface area (Å²) in [6.45, 7) is 16.3. The Kier molecular flexibility index (Phi) is 15.3. The van der Waals surface area contributed by atoms with Crippen molar-refractivity contribution in [1.29, 1.82) is 0 Å². The number of allylic oxidation sites excluding steroid dienone is 2. The summed E-state index contributed by atoms with van der Waals surface area (Å²) in [4.78, 5) is 14.4. The van der Waals surface area contributed by atoms with Gasteiger partial charge in [0.05, 0.1) is 49.3 Å². The minimum atomic E-state index is -1.82. The number of ether oxygens (including phenoxy) is 10. The maximum Gasteiger partial charge on any atom is 0.316 e. The van der Waals surface area contributed by atoms with E-state index in [1.165, 1.54) is 0 Å². The summed E-state index contributed by atoms with van der Waals surface area (Å²) < 4.78 is 63.9. The number of carbonyl (C=O) groups excluding carboxylic acids is 1. The molecule has 2 bridgehead atoms. The smallest absolute Gasteiger partial charge is 0.316 e. The molecule has 0 aromatic carbocycles. The normalized spacial score (nSPS) is 49.4. The van der Waals surface area contributed by atoms with E-state index in [-0.39, 0.29) is 30.8 Å². The molecule has 350 valence electrons. The number of esters is 1. The lowest BCUT2D eigenvalue weighted by Crippen LogP contribution is -2.58. The Morgan fingerprint density at radius 1 is 0.919 bits per heavy atom. The molecule has 7 aliphatic rings. The van der Waals surface area contributed by atoms with E-state index in [0.717, 1.165) is 18.4 Å². The standard InChI is InChI=1S/C48H74O14/c1-11-25(2)43-28(5)17-18-47(62-43)23-34-20-33(61-47)16-15-27(4)42(26(3)13-12-14-32-24-55-45-40(49)29(6)19-35(46(51)58-34)48(32,45)52)59-39-22-37(54-10)44(31(8)57-39)60-38-21-36(53-9)41(50)30(7)56-38/h12-15,19,25-26,28,30-31,33-45,49-50,52H,11,16-18,20-24H2,1-10H3/b13-12+,27-15+,32-14+/t25-,26-,28-,30-,31-,33+,34-,35+,36-,37-,38-,39-,40+,41-,42-,43+,44-,45+,47+,48+/m1/s1. The third kappa shape index (κ3) is 9.73. The van der Waals surface area contributed by atoms with Gasteiger partial charge in [0.15, 0.2) is 18.4 Å². The van der Waals surface area contributed by atoms with Crippen LogP contribution in [-0.2, 0) is 52.2 Å². The fraction of sp³-hybridized carbons (Fsp3) is 0.812. The molecule has 0 radical (unpaired) electrons. The summed E-state index contributed by atoms with van der Waals surface area (Å²) in [6, 6.07) is 0. The highest BCUT2D eigenvalue weighted by Crippen LogP contribution is 2.48. The lowest BCUT2D eigenvalue weighted by atomic mass is 9.71. The number of fused-ring (bicyclic) bond motifs is 2. The Balaban J connectivity index is 1.18. The zero-order valence-corrected chi connectivity index (χ0v) is 38.5. The summed E-state index contributed by atoms with van der Waals surface area (Å²) in [5.74, 6) is -2.10. The van der Waals surface area contributed by atoms with Gasteiger partial charge in [0.1, 0.15) is 42.0 Å². The van der Waals surface area contributed by atoms with E-state index in [1.807, 2.05) is 19.1 Å². The van der Waals surface area contributed by atoms with Crippen molar-refractivity contribution in [2.75, 3.05) is 20.8 Å². The summed E-state index contributed by atoms with van der Waals surface area (Å²) in [6.07, 6.45) is 6.53. The third-order valence-corrected chi connectivity index (χ3v) is 14.9. The number of carbonyl (C=O) groups is 1. The summed E-state index contributed by atoms with van der Waals surface area (Å²) in [5, 5.41) is 34.2. The first-order valence-electron chi connectivity index (χ1n) is 23.2. The molecule has 62 heavy (non-hydrogen) atoms. The Hall–Kier alpha value is -2.05. The molecule has 0 aromatic heterocycles. The van der Waals surface area contributed by atoms with Gasteiger partial charge in [-0.05, 0) is 69.1 Å². The van der Waals surface area contributed by atoms with Gasteiger partial charge in [-0.25, -0.2) is 0 Å². The van der Waals surface area contributed by atoms with Crippen molar-refractivity contribution in [1.82, 2.24) is 0 Å². The maximum atomic E-state index is 14.4. The summed E-state index contributed by atoms with van der Waals surface area (Å²) >= 11 is 0. The molecular weight excluding hydrogens is 801 g/mol. The van der Waals surface area contributed by atoms with Crippen LogP contribution >= 0.6 is 0 Å². The Labute approximate surface area is 368 Å². The van der Waals surface area contributed by atoms with Gasteiger partial charge >= 0.3 is 5.97 Å². The van der Waals surface area contributed by atoms with Crippen LogP contribution in [0.25, 0.3) is 0 Å². The van der Waals surface area contributed by atoms with E-state index < -0.39 is 90.8 Å². The first-order valence-corrected chi connectivity index (χ1v) is 23.2. The number of hydrogen-bond donors (Lipinski definition) is 3. The van der Waals surface area contributed by atoms with Crippen LogP contribution < -0.4 is 0 Å². The van der Waals surface area contributed by atoms with Crippen molar-refractivity contribution in [2.45, 2.75) is 204 Å². The van der Waals surface area contributed by atoms with Gasteiger partial charge in [0.25, 0.3) is 0 Å². The van der Waals surface area contributed by atoms with Gasteiger partial charge in [0, 0.05) is 52.2 Å². The zero-order valence-electron chi connectivity index (χ0n) is 38.5. The van der Waals surface area contributed by atoms with Crippen molar-refractivity contribution < 1.29 is 67.5 Å². The molecule has 0 saturated carbocycles. The number of methoxy groups -OCH3 is 2. The average molecular weight is 875 g/mol. The Morgan fingerprint density at radius 3 is 2.35 bits per heavy atom. The molecule has 7 rings (SSSR count). The predicted molar refractivity (Wildman–Crippen MR) is 227 cm³/mol. The molecule has 0 aromatic rings. The molecule has 3 N–H and O–H groups in total. The second-order valence-electron chi connectivity index (χ2n) is 19.4. The van der Waals surface area contributed by atoms with Crippen molar-refractivity contribution >= 4 is 5.97 Å². The van der Waals surface area contributed by atoms with Crippen molar-refractivity contribution in [2.24, 2.45) is 23.7 Å². The van der Waals surface area contributed by atoms with Crippen LogP contribution in [0.2, 0.25) is 0 Å². The Morgan fingerprint density at radius 2 is 1.63 bits per heavy atom. The number of rotatable bonds is 8. The highest BCUT2D eigenvalue weighted by molar-refractivity contribution is 5.78. The van der Waals surface area contributed by atoms with Gasteiger partial charge in [-0.2, -0.15) is 0 Å². The molecule has 5 saturated heterocycles. The molecule has 1 aliphatic carbocycles. The molecule has 6 heterocycles. The largest absolute Gasteiger partial charge is 0.462 e. The molecular formula is C48H74O14. The highest BCUT2D eigenvalue weighted by Gasteiger charge is 2.60. The van der Waals surface area contributed by atoms with Crippen LogP contribution in [0.1, 0.15) is 107 Å². The first kappa shape index (κ1) is 47.9. The molecule has 5 fully saturated rings. The molecule has 6 aliphatic heterocycles. The van der Waals surface area contributed by atoms with Gasteiger partial charge < -0.3 is 62.7 Å². The van der Waals surface area contributed by atoms with Gasteiger partial charge in [-0.15, -0.1) is 0 Å².